The molecule has 5 heteroatoms. The van der Waals surface area contributed by atoms with E-state index >= 15 is 0 Å². The molecule has 1 aliphatic heterocycles. The van der Waals surface area contributed by atoms with Crippen molar-refractivity contribution in [3.05, 3.63) is 52.8 Å². The van der Waals surface area contributed by atoms with Crippen molar-refractivity contribution in [2.45, 2.75) is 51.7 Å². The summed E-state index contributed by atoms with van der Waals surface area (Å²) in [4.78, 5) is 14.9. The number of nitrogens with zero attached hydrogens (tertiary/aromatic N) is 2. The lowest BCUT2D eigenvalue weighted by Crippen LogP contribution is -2.38. The first kappa shape index (κ1) is 16.7. The van der Waals surface area contributed by atoms with Gasteiger partial charge < -0.3 is 10.0 Å². The predicted octanol–water partition coefficient (Wildman–Crippen LogP) is 3.20. The molecule has 1 fully saturated rings. The summed E-state index contributed by atoms with van der Waals surface area (Å²) < 4.78 is 0. The zero-order valence-electron chi connectivity index (χ0n) is 14.3. The lowest BCUT2D eigenvalue weighted by Gasteiger charge is -2.32. The van der Waals surface area contributed by atoms with Crippen molar-refractivity contribution in [3.63, 3.8) is 0 Å². The summed E-state index contributed by atoms with van der Waals surface area (Å²) in [5, 5.41) is 17.9. The summed E-state index contributed by atoms with van der Waals surface area (Å²) in [5.41, 5.74) is 3.69. The van der Waals surface area contributed by atoms with Crippen LogP contribution in [0.25, 0.3) is 0 Å². The molecule has 2 atom stereocenters. The molecule has 1 amide bonds. The largest absolute Gasteiger partial charge is 0.378 e. The first-order chi connectivity index (χ1) is 11.6. The zero-order valence-corrected chi connectivity index (χ0v) is 14.3. The number of rotatable bonds is 3. The number of aliphatic hydroxyl groups is 1. The van der Waals surface area contributed by atoms with Gasteiger partial charge in [0, 0.05) is 17.8 Å². The van der Waals surface area contributed by atoms with Gasteiger partial charge in [0.1, 0.15) is 0 Å². The normalized spacial score (nSPS) is 19.8. The van der Waals surface area contributed by atoms with Gasteiger partial charge in [-0.25, -0.2) is 0 Å². The number of likely N-dealkylation sites (tertiary alicyclic amines) is 1. The molecule has 2 unspecified atom stereocenters. The number of hydrogen-bond donors (Lipinski definition) is 2. The Morgan fingerprint density at radius 3 is 2.67 bits per heavy atom. The highest BCUT2D eigenvalue weighted by Crippen LogP contribution is 2.34. The van der Waals surface area contributed by atoms with E-state index in [1.54, 1.807) is 12.1 Å². The molecule has 1 aromatic carbocycles. The van der Waals surface area contributed by atoms with Crippen molar-refractivity contribution in [2.24, 2.45) is 0 Å². The zero-order chi connectivity index (χ0) is 17.1. The monoisotopic (exact) mass is 327 g/mol. The Morgan fingerprint density at radius 1 is 1.25 bits per heavy atom. The standard InChI is InChI=1S/C19H25N3O2/c1-13-17(14(2)21-20-13)16-11-7-4-8-12-22(16)19(24)18(23)15-9-5-3-6-10-15/h3,5-6,9-10,16,18,23H,4,7-8,11-12H2,1-2H3,(H,20,21). The highest BCUT2D eigenvalue weighted by Gasteiger charge is 2.33. The fourth-order valence-corrected chi connectivity index (χ4v) is 3.66. The number of aryl methyl sites for hydroxylation is 2. The number of amides is 1. The van der Waals surface area contributed by atoms with Gasteiger partial charge in [-0.05, 0) is 32.3 Å². The third-order valence-electron chi connectivity index (χ3n) is 4.90. The summed E-state index contributed by atoms with van der Waals surface area (Å²) in [6.07, 6.45) is 2.96. The molecule has 5 nitrogen and oxygen atoms in total. The number of aromatic nitrogens is 2. The maximum Gasteiger partial charge on any atom is 0.256 e. The van der Waals surface area contributed by atoms with Crippen molar-refractivity contribution in [2.75, 3.05) is 6.54 Å². The Kier molecular flexibility index (Phi) is 5.00. The first-order valence-corrected chi connectivity index (χ1v) is 8.64. The number of hydrogen-bond acceptors (Lipinski definition) is 3. The van der Waals surface area contributed by atoms with E-state index in [4.69, 9.17) is 0 Å². The van der Waals surface area contributed by atoms with E-state index in [0.29, 0.717) is 12.1 Å². The van der Waals surface area contributed by atoms with Crippen LogP contribution < -0.4 is 0 Å². The highest BCUT2D eigenvalue weighted by atomic mass is 16.3. The second kappa shape index (κ2) is 7.18. The van der Waals surface area contributed by atoms with Crippen LogP contribution in [-0.2, 0) is 4.79 Å². The Balaban J connectivity index is 1.91. The van der Waals surface area contributed by atoms with Crippen molar-refractivity contribution in [1.29, 1.82) is 0 Å². The number of carbonyl (C=O) groups excluding carboxylic acids is 1. The van der Waals surface area contributed by atoms with Crippen LogP contribution in [0.4, 0.5) is 0 Å². The molecule has 1 saturated heterocycles. The van der Waals surface area contributed by atoms with E-state index in [0.717, 1.165) is 42.6 Å². The SMILES string of the molecule is Cc1n[nH]c(C)c1C1CCCCCN1C(=O)C(O)c1ccccc1. The molecule has 0 spiro atoms. The minimum absolute atomic E-state index is 0.0166. The molecular formula is C19H25N3O2. The van der Waals surface area contributed by atoms with E-state index in [1.807, 2.05) is 36.9 Å². The fraction of sp³-hybridized carbons (Fsp3) is 0.474. The maximum atomic E-state index is 13.0. The summed E-state index contributed by atoms with van der Waals surface area (Å²) >= 11 is 0. The summed E-state index contributed by atoms with van der Waals surface area (Å²) in [6.45, 7) is 4.65. The van der Waals surface area contributed by atoms with Crippen LogP contribution in [-0.4, -0.2) is 32.7 Å². The molecular weight excluding hydrogens is 302 g/mol. The van der Waals surface area contributed by atoms with Crippen LogP contribution in [0.2, 0.25) is 0 Å². The number of aromatic amines is 1. The van der Waals surface area contributed by atoms with Gasteiger partial charge in [0.15, 0.2) is 6.10 Å². The lowest BCUT2D eigenvalue weighted by molar-refractivity contribution is -0.143. The predicted molar refractivity (Wildman–Crippen MR) is 92.4 cm³/mol. The van der Waals surface area contributed by atoms with E-state index in [-0.39, 0.29) is 11.9 Å². The Bertz CT molecular complexity index is 676. The van der Waals surface area contributed by atoms with Gasteiger partial charge in [0.25, 0.3) is 5.91 Å². The molecule has 1 aromatic heterocycles. The van der Waals surface area contributed by atoms with Gasteiger partial charge >= 0.3 is 0 Å². The molecule has 1 aliphatic rings. The van der Waals surface area contributed by atoms with Gasteiger partial charge in [-0.15, -0.1) is 0 Å². The van der Waals surface area contributed by atoms with Gasteiger partial charge in [-0.1, -0.05) is 43.2 Å². The number of benzene rings is 1. The van der Waals surface area contributed by atoms with Crippen LogP contribution in [0, 0.1) is 13.8 Å². The average molecular weight is 327 g/mol. The maximum absolute atomic E-state index is 13.0. The quantitative estimate of drug-likeness (QED) is 0.909. The molecule has 128 valence electrons. The Labute approximate surface area is 142 Å². The highest BCUT2D eigenvalue weighted by molar-refractivity contribution is 5.82. The summed E-state index contributed by atoms with van der Waals surface area (Å²) in [6, 6.07) is 9.14. The third kappa shape index (κ3) is 3.22. The van der Waals surface area contributed by atoms with Gasteiger partial charge in [0.05, 0.1) is 11.7 Å². The van der Waals surface area contributed by atoms with Crippen LogP contribution in [0.1, 0.15) is 60.3 Å². The number of aliphatic hydroxyl groups excluding tert-OH is 1. The van der Waals surface area contributed by atoms with Crippen LogP contribution in [0.3, 0.4) is 0 Å². The Morgan fingerprint density at radius 2 is 2.00 bits per heavy atom. The van der Waals surface area contributed by atoms with E-state index in [2.05, 4.69) is 10.2 Å². The molecule has 2 heterocycles. The molecule has 2 N–H and O–H groups in total. The molecule has 2 aromatic rings. The van der Waals surface area contributed by atoms with Gasteiger partial charge in [0.2, 0.25) is 0 Å². The molecule has 0 bridgehead atoms. The smallest absolute Gasteiger partial charge is 0.256 e. The molecule has 0 aliphatic carbocycles. The number of carbonyl (C=O) groups is 1. The second-order valence-corrected chi connectivity index (χ2v) is 6.56. The first-order valence-electron chi connectivity index (χ1n) is 8.64. The van der Waals surface area contributed by atoms with E-state index < -0.39 is 6.10 Å². The summed E-state index contributed by atoms with van der Waals surface area (Å²) in [7, 11) is 0. The van der Waals surface area contributed by atoms with Crippen molar-refractivity contribution in [1.82, 2.24) is 15.1 Å². The van der Waals surface area contributed by atoms with Crippen LogP contribution >= 0.6 is 0 Å². The average Bonchev–Trinajstić information content (AvgIpc) is 2.80. The van der Waals surface area contributed by atoms with Crippen LogP contribution in [0.15, 0.2) is 30.3 Å². The third-order valence-corrected chi connectivity index (χ3v) is 4.90. The number of H-pyrrole nitrogens is 1. The van der Waals surface area contributed by atoms with Gasteiger partial charge in [-0.3, -0.25) is 9.89 Å². The van der Waals surface area contributed by atoms with Crippen molar-refractivity contribution < 1.29 is 9.90 Å². The molecule has 3 rings (SSSR count). The second-order valence-electron chi connectivity index (χ2n) is 6.56. The minimum Gasteiger partial charge on any atom is -0.378 e. The van der Waals surface area contributed by atoms with Crippen LogP contribution in [0.5, 0.6) is 0 Å². The summed E-state index contributed by atoms with van der Waals surface area (Å²) in [5.74, 6) is -0.215. The van der Waals surface area contributed by atoms with E-state index in [1.165, 1.54) is 0 Å². The fourth-order valence-electron chi connectivity index (χ4n) is 3.66. The number of nitrogens with one attached hydrogen (secondary N) is 1. The molecule has 0 saturated carbocycles. The Hall–Kier alpha value is -2.14. The molecule has 24 heavy (non-hydrogen) atoms. The van der Waals surface area contributed by atoms with Crippen molar-refractivity contribution in [3.8, 4) is 0 Å². The lowest BCUT2D eigenvalue weighted by atomic mass is 9.98. The van der Waals surface area contributed by atoms with Gasteiger partial charge in [-0.2, -0.15) is 5.10 Å². The van der Waals surface area contributed by atoms with E-state index in [9.17, 15) is 9.90 Å². The topological polar surface area (TPSA) is 69.2 Å². The molecule has 0 radical (unpaired) electrons. The minimum atomic E-state index is -1.11. The van der Waals surface area contributed by atoms with Crippen molar-refractivity contribution >= 4 is 5.91 Å².